The number of likely N-dealkylation sites (N-methyl/N-ethyl adjacent to an activating group) is 1. The molecular weight excluding hydrogens is 382 g/mol. The number of halogens is 1. The molecule has 0 bridgehead atoms. The number of anilines is 1. The van der Waals surface area contributed by atoms with E-state index in [2.05, 4.69) is 10.3 Å². The zero-order chi connectivity index (χ0) is 21.0. The Bertz CT molecular complexity index is 920. The van der Waals surface area contributed by atoms with Crippen LogP contribution in [0.15, 0.2) is 18.2 Å². The van der Waals surface area contributed by atoms with Gasteiger partial charge in [-0.25, -0.2) is 0 Å². The molecule has 8 heteroatoms. The molecule has 2 rings (SSSR count). The second-order valence-corrected chi connectivity index (χ2v) is 7.11. The molecule has 2 aromatic rings. The topological polar surface area (TPSA) is 91.5 Å². The fraction of sp³-hybridized carbons (Fsp3) is 0.350. The quantitative estimate of drug-likeness (QED) is 0.658. The van der Waals surface area contributed by atoms with E-state index in [1.807, 2.05) is 0 Å². The molecule has 28 heavy (non-hydrogen) atoms. The molecule has 0 atom stereocenters. The maximum Gasteiger partial charge on any atom is 0.238 e. The summed E-state index contributed by atoms with van der Waals surface area (Å²) < 4.78 is 5.20. The van der Waals surface area contributed by atoms with Gasteiger partial charge in [0, 0.05) is 16.3 Å². The Labute approximate surface area is 169 Å². The standard InChI is InChI=1S/C20H24ClN3O4/c1-11-19(13(3)25)12(2)22-20(11)16(26)9-24(4)10-18(27)23-15-8-14(21)6-7-17(15)28-5/h6-8,22H,9-10H2,1-5H3,(H,23,27). The lowest BCUT2D eigenvalue weighted by Crippen LogP contribution is -2.34. The van der Waals surface area contributed by atoms with Crippen molar-refractivity contribution < 1.29 is 19.1 Å². The van der Waals surface area contributed by atoms with Gasteiger partial charge in [-0.1, -0.05) is 11.6 Å². The van der Waals surface area contributed by atoms with Crippen molar-refractivity contribution in [3.05, 3.63) is 45.7 Å². The molecule has 1 amide bonds. The van der Waals surface area contributed by atoms with Crippen molar-refractivity contribution in [1.82, 2.24) is 9.88 Å². The van der Waals surface area contributed by atoms with Crippen molar-refractivity contribution in [3.63, 3.8) is 0 Å². The van der Waals surface area contributed by atoms with Gasteiger partial charge in [0.25, 0.3) is 0 Å². The number of nitrogens with one attached hydrogen (secondary N) is 2. The first-order valence-electron chi connectivity index (χ1n) is 8.69. The van der Waals surface area contributed by atoms with E-state index in [1.165, 1.54) is 14.0 Å². The lowest BCUT2D eigenvalue weighted by molar-refractivity contribution is -0.116. The molecule has 2 N–H and O–H groups in total. The number of nitrogens with zero attached hydrogens (tertiary/aromatic N) is 1. The number of hydrogen-bond acceptors (Lipinski definition) is 5. The third-order valence-corrected chi connectivity index (χ3v) is 4.57. The highest BCUT2D eigenvalue weighted by Gasteiger charge is 2.21. The third-order valence-electron chi connectivity index (χ3n) is 4.33. The molecule has 7 nitrogen and oxygen atoms in total. The summed E-state index contributed by atoms with van der Waals surface area (Å²) in [6, 6.07) is 4.92. The summed E-state index contributed by atoms with van der Waals surface area (Å²) in [5.41, 5.74) is 2.70. The normalized spacial score (nSPS) is 10.8. The first-order valence-corrected chi connectivity index (χ1v) is 9.07. The molecule has 0 unspecified atom stereocenters. The van der Waals surface area contributed by atoms with Gasteiger partial charge in [-0.3, -0.25) is 19.3 Å². The van der Waals surface area contributed by atoms with Crippen LogP contribution in [0.2, 0.25) is 5.02 Å². The lowest BCUT2D eigenvalue weighted by Gasteiger charge is -2.16. The maximum atomic E-state index is 12.6. The largest absolute Gasteiger partial charge is 0.495 e. The van der Waals surface area contributed by atoms with Crippen LogP contribution in [-0.2, 0) is 4.79 Å². The molecule has 0 fully saturated rings. The molecule has 0 radical (unpaired) electrons. The van der Waals surface area contributed by atoms with Crippen molar-refractivity contribution in [2.45, 2.75) is 20.8 Å². The molecule has 0 aliphatic heterocycles. The Morgan fingerprint density at radius 3 is 2.46 bits per heavy atom. The van der Waals surface area contributed by atoms with Crippen LogP contribution in [-0.4, -0.2) is 54.6 Å². The van der Waals surface area contributed by atoms with Gasteiger partial charge in [0.2, 0.25) is 5.91 Å². The highest BCUT2D eigenvalue weighted by atomic mass is 35.5. The number of Topliss-reactive ketones (excluding diaryl/α,β-unsaturated/α-hetero) is 2. The molecular formula is C20H24ClN3O4. The number of ketones is 2. The van der Waals surface area contributed by atoms with Crippen molar-refractivity contribution in [3.8, 4) is 5.75 Å². The van der Waals surface area contributed by atoms with E-state index in [0.717, 1.165) is 0 Å². The summed E-state index contributed by atoms with van der Waals surface area (Å²) in [5, 5.41) is 3.20. The number of aryl methyl sites for hydroxylation is 1. The number of H-pyrrole nitrogens is 1. The Hall–Kier alpha value is -2.64. The number of aromatic nitrogens is 1. The van der Waals surface area contributed by atoms with Crippen LogP contribution >= 0.6 is 11.6 Å². The predicted molar refractivity (Wildman–Crippen MR) is 109 cm³/mol. The van der Waals surface area contributed by atoms with E-state index in [-0.39, 0.29) is 30.6 Å². The van der Waals surface area contributed by atoms with Crippen LogP contribution in [0.3, 0.4) is 0 Å². The zero-order valence-electron chi connectivity index (χ0n) is 16.6. The van der Waals surface area contributed by atoms with E-state index in [9.17, 15) is 14.4 Å². The number of carbonyl (C=O) groups is 3. The number of methoxy groups -OCH3 is 1. The number of aromatic amines is 1. The molecule has 0 saturated carbocycles. The average molecular weight is 406 g/mol. The Morgan fingerprint density at radius 1 is 1.21 bits per heavy atom. The van der Waals surface area contributed by atoms with E-state index < -0.39 is 0 Å². The third kappa shape index (κ3) is 4.99. The van der Waals surface area contributed by atoms with Gasteiger partial charge >= 0.3 is 0 Å². The van der Waals surface area contributed by atoms with Gasteiger partial charge < -0.3 is 15.0 Å². The Morgan fingerprint density at radius 2 is 1.89 bits per heavy atom. The van der Waals surface area contributed by atoms with Crippen molar-refractivity contribution in [2.24, 2.45) is 0 Å². The molecule has 1 aromatic carbocycles. The van der Waals surface area contributed by atoms with Crippen LogP contribution in [0.4, 0.5) is 5.69 Å². The first-order chi connectivity index (χ1) is 13.1. The van der Waals surface area contributed by atoms with Crippen molar-refractivity contribution >= 4 is 34.8 Å². The summed E-state index contributed by atoms with van der Waals surface area (Å²) in [5.74, 6) is -0.0948. The van der Waals surface area contributed by atoms with Gasteiger partial charge in [-0.15, -0.1) is 0 Å². The SMILES string of the molecule is COc1ccc(Cl)cc1NC(=O)CN(C)CC(=O)c1[nH]c(C)c(C(C)=O)c1C. The highest BCUT2D eigenvalue weighted by Crippen LogP contribution is 2.27. The predicted octanol–water partition coefficient (Wildman–Crippen LogP) is 3.25. The minimum Gasteiger partial charge on any atom is -0.495 e. The average Bonchev–Trinajstić information content (AvgIpc) is 2.89. The number of carbonyl (C=O) groups excluding carboxylic acids is 3. The molecule has 1 heterocycles. The van der Waals surface area contributed by atoms with Crippen LogP contribution in [0.25, 0.3) is 0 Å². The van der Waals surface area contributed by atoms with E-state index >= 15 is 0 Å². The Balaban J connectivity index is 2.02. The van der Waals surface area contributed by atoms with Crippen LogP contribution < -0.4 is 10.1 Å². The zero-order valence-corrected chi connectivity index (χ0v) is 17.4. The van der Waals surface area contributed by atoms with E-state index in [1.54, 1.807) is 44.0 Å². The highest BCUT2D eigenvalue weighted by molar-refractivity contribution is 6.31. The summed E-state index contributed by atoms with van der Waals surface area (Å²) in [4.78, 5) is 41.2. The molecule has 1 aromatic heterocycles. The van der Waals surface area contributed by atoms with Gasteiger partial charge in [0.1, 0.15) is 5.75 Å². The van der Waals surface area contributed by atoms with Gasteiger partial charge in [-0.2, -0.15) is 0 Å². The number of rotatable bonds is 8. The Kier molecular flexibility index (Phi) is 6.99. The minimum atomic E-state index is -0.306. The van der Waals surface area contributed by atoms with Crippen molar-refractivity contribution in [2.75, 3.05) is 32.6 Å². The number of ether oxygens (including phenoxy) is 1. The fourth-order valence-corrected chi connectivity index (χ4v) is 3.32. The number of hydrogen-bond donors (Lipinski definition) is 2. The van der Waals surface area contributed by atoms with Crippen LogP contribution in [0.5, 0.6) is 5.75 Å². The van der Waals surface area contributed by atoms with Crippen LogP contribution in [0, 0.1) is 13.8 Å². The molecule has 150 valence electrons. The van der Waals surface area contributed by atoms with Gasteiger partial charge in [0.05, 0.1) is 31.6 Å². The summed E-state index contributed by atoms with van der Waals surface area (Å²) >= 11 is 5.96. The minimum absolute atomic E-state index is 0.000286. The number of amides is 1. The molecule has 0 aliphatic rings. The monoisotopic (exact) mass is 405 g/mol. The number of benzene rings is 1. The second kappa shape index (κ2) is 9.03. The maximum absolute atomic E-state index is 12.6. The van der Waals surface area contributed by atoms with Crippen molar-refractivity contribution in [1.29, 1.82) is 0 Å². The van der Waals surface area contributed by atoms with Crippen LogP contribution in [0.1, 0.15) is 39.0 Å². The molecule has 0 spiro atoms. The summed E-state index contributed by atoms with van der Waals surface area (Å²) in [6.45, 7) is 5.00. The fourth-order valence-electron chi connectivity index (χ4n) is 3.15. The van der Waals surface area contributed by atoms with E-state index in [4.69, 9.17) is 16.3 Å². The summed E-state index contributed by atoms with van der Waals surface area (Å²) in [7, 11) is 3.17. The molecule has 0 saturated heterocycles. The van der Waals surface area contributed by atoms with Gasteiger partial charge in [0.15, 0.2) is 11.6 Å². The first kappa shape index (κ1) is 21.7. The second-order valence-electron chi connectivity index (χ2n) is 6.67. The van der Waals surface area contributed by atoms with E-state index in [0.29, 0.717) is 39.0 Å². The summed E-state index contributed by atoms with van der Waals surface area (Å²) in [6.07, 6.45) is 0. The molecule has 0 aliphatic carbocycles. The lowest BCUT2D eigenvalue weighted by atomic mass is 10.1. The van der Waals surface area contributed by atoms with Gasteiger partial charge in [-0.05, 0) is 51.6 Å². The smallest absolute Gasteiger partial charge is 0.238 e.